The molecule has 5 heterocycles. The maximum absolute atomic E-state index is 13.5. The number of carbonyl (C=O) groups excluding carboxylic acids is 1. The van der Waals surface area contributed by atoms with Crippen LogP contribution in [0.1, 0.15) is 48.9 Å². The number of fused-ring (bicyclic) bond motifs is 1. The molecule has 0 bridgehead atoms. The van der Waals surface area contributed by atoms with Crippen molar-refractivity contribution in [3.05, 3.63) is 17.8 Å². The van der Waals surface area contributed by atoms with Crippen molar-refractivity contribution in [1.82, 2.24) is 29.9 Å². The van der Waals surface area contributed by atoms with Crippen LogP contribution < -0.4 is 10.2 Å². The molecule has 3 saturated heterocycles. The molecule has 2 aromatic heterocycles. The first-order valence-electron chi connectivity index (χ1n) is 13.1. The molecule has 3 aliphatic rings. The lowest BCUT2D eigenvalue weighted by atomic mass is 10.0. The second kappa shape index (κ2) is 11.0. The molecule has 0 aliphatic carbocycles. The number of anilines is 1. The summed E-state index contributed by atoms with van der Waals surface area (Å²) in [5.41, 5.74) is 1.53. The van der Waals surface area contributed by atoms with Crippen LogP contribution in [0, 0.1) is 0 Å². The van der Waals surface area contributed by atoms with Gasteiger partial charge in [0.15, 0.2) is 5.65 Å². The molecule has 5 rings (SSSR count). The van der Waals surface area contributed by atoms with E-state index in [1.807, 2.05) is 13.1 Å². The number of nitrogens with one attached hydrogen (secondary N) is 1. The van der Waals surface area contributed by atoms with Gasteiger partial charge in [-0.05, 0) is 31.7 Å². The van der Waals surface area contributed by atoms with Gasteiger partial charge in [0.05, 0.1) is 25.0 Å². The molecule has 0 atom stereocenters. The lowest BCUT2D eigenvalue weighted by molar-refractivity contribution is 0.0319. The molecule has 2 aromatic rings. The highest BCUT2D eigenvalue weighted by molar-refractivity contribution is 6.02. The summed E-state index contributed by atoms with van der Waals surface area (Å²) < 4.78 is 7.25. The topological polar surface area (TPSA) is 78.8 Å². The number of piperidine rings is 1. The standard InChI is InChI=1S/C25H39N7O2/c1-29-23-20(19-26-29)18-22(24(28-23)32-8-4-2-3-5-9-32)25(33)27-21-6-10-30(11-7-21)12-13-31-14-16-34-17-15-31/h18-19,21H,2-17H2,1H3,(H,27,33). The van der Waals surface area contributed by atoms with Crippen LogP contribution in [0.4, 0.5) is 5.82 Å². The maximum atomic E-state index is 13.5. The van der Waals surface area contributed by atoms with Gasteiger partial charge in [-0.3, -0.25) is 14.4 Å². The number of amides is 1. The molecule has 0 saturated carbocycles. The highest BCUT2D eigenvalue weighted by atomic mass is 16.5. The molecular formula is C25H39N7O2. The minimum Gasteiger partial charge on any atom is -0.379 e. The summed E-state index contributed by atoms with van der Waals surface area (Å²) in [4.78, 5) is 25.8. The number of carbonyl (C=O) groups is 1. The molecule has 3 aliphatic heterocycles. The molecular weight excluding hydrogens is 430 g/mol. The van der Waals surface area contributed by atoms with Gasteiger partial charge in [-0.15, -0.1) is 0 Å². The zero-order valence-electron chi connectivity index (χ0n) is 20.5. The normalized spacial score (nSPS) is 21.6. The van der Waals surface area contributed by atoms with Crippen molar-refractivity contribution in [2.24, 2.45) is 7.05 Å². The molecule has 0 spiro atoms. The van der Waals surface area contributed by atoms with Gasteiger partial charge in [0.2, 0.25) is 0 Å². The van der Waals surface area contributed by atoms with Crippen molar-refractivity contribution in [1.29, 1.82) is 0 Å². The Labute approximate surface area is 202 Å². The average molecular weight is 470 g/mol. The first-order chi connectivity index (χ1) is 16.7. The number of hydrogen-bond donors (Lipinski definition) is 1. The van der Waals surface area contributed by atoms with Gasteiger partial charge in [-0.2, -0.15) is 5.10 Å². The summed E-state index contributed by atoms with van der Waals surface area (Å²) >= 11 is 0. The van der Waals surface area contributed by atoms with Gasteiger partial charge in [0.1, 0.15) is 5.82 Å². The second-order valence-corrected chi connectivity index (χ2v) is 9.99. The van der Waals surface area contributed by atoms with Crippen LogP contribution >= 0.6 is 0 Å². The fourth-order valence-electron chi connectivity index (χ4n) is 5.43. The van der Waals surface area contributed by atoms with E-state index in [9.17, 15) is 4.79 Å². The number of pyridine rings is 1. The second-order valence-electron chi connectivity index (χ2n) is 9.99. The summed E-state index contributed by atoms with van der Waals surface area (Å²) in [5.74, 6) is 0.822. The van der Waals surface area contributed by atoms with E-state index in [4.69, 9.17) is 9.72 Å². The van der Waals surface area contributed by atoms with Crippen molar-refractivity contribution in [2.75, 3.05) is 70.5 Å². The predicted molar refractivity (Wildman–Crippen MR) is 133 cm³/mol. The Balaban J connectivity index is 1.22. The van der Waals surface area contributed by atoms with E-state index >= 15 is 0 Å². The average Bonchev–Trinajstić information content (AvgIpc) is 3.06. The number of ether oxygens (including phenoxy) is 1. The van der Waals surface area contributed by atoms with E-state index < -0.39 is 0 Å². The molecule has 1 amide bonds. The Bertz CT molecular complexity index is 956. The fraction of sp³-hybridized carbons (Fsp3) is 0.720. The van der Waals surface area contributed by atoms with E-state index in [0.29, 0.717) is 5.56 Å². The molecule has 3 fully saturated rings. The molecule has 0 aromatic carbocycles. The Morgan fingerprint density at radius 1 is 1.00 bits per heavy atom. The quantitative estimate of drug-likeness (QED) is 0.692. The molecule has 1 N–H and O–H groups in total. The van der Waals surface area contributed by atoms with Crippen molar-refractivity contribution in [3.8, 4) is 0 Å². The van der Waals surface area contributed by atoms with E-state index in [0.717, 1.165) is 108 Å². The third-order valence-electron chi connectivity index (χ3n) is 7.60. The molecule has 186 valence electrons. The van der Waals surface area contributed by atoms with E-state index in [-0.39, 0.29) is 11.9 Å². The van der Waals surface area contributed by atoms with Crippen LogP contribution in [-0.2, 0) is 11.8 Å². The molecule has 9 heteroatoms. The first-order valence-corrected chi connectivity index (χ1v) is 13.1. The van der Waals surface area contributed by atoms with Crippen molar-refractivity contribution < 1.29 is 9.53 Å². The summed E-state index contributed by atoms with van der Waals surface area (Å²) in [7, 11) is 1.91. The summed E-state index contributed by atoms with van der Waals surface area (Å²) in [6.07, 6.45) is 8.58. The molecule has 34 heavy (non-hydrogen) atoms. The van der Waals surface area contributed by atoms with Crippen LogP contribution in [0.25, 0.3) is 11.0 Å². The number of hydrogen-bond acceptors (Lipinski definition) is 7. The van der Waals surface area contributed by atoms with E-state index in [1.54, 1.807) is 10.9 Å². The third kappa shape index (κ3) is 5.53. The van der Waals surface area contributed by atoms with Gasteiger partial charge in [0, 0.05) is 70.8 Å². The highest BCUT2D eigenvalue weighted by Gasteiger charge is 2.26. The Hall–Kier alpha value is -2.23. The number of morpholine rings is 1. The van der Waals surface area contributed by atoms with Crippen molar-refractivity contribution >= 4 is 22.8 Å². The smallest absolute Gasteiger partial charge is 0.255 e. The van der Waals surface area contributed by atoms with Gasteiger partial charge >= 0.3 is 0 Å². The van der Waals surface area contributed by atoms with E-state index in [1.165, 1.54) is 12.8 Å². The molecule has 0 unspecified atom stereocenters. The zero-order chi connectivity index (χ0) is 23.3. The van der Waals surface area contributed by atoms with Crippen LogP contribution in [0.3, 0.4) is 0 Å². The van der Waals surface area contributed by atoms with Crippen molar-refractivity contribution in [2.45, 2.75) is 44.6 Å². The minimum absolute atomic E-state index is 0.00395. The minimum atomic E-state index is 0.00395. The Kier molecular flexibility index (Phi) is 7.61. The summed E-state index contributed by atoms with van der Waals surface area (Å²) in [5, 5.41) is 8.63. The number of likely N-dealkylation sites (tertiary alicyclic amines) is 1. The highest BCUT2D eigenvalue weighted by Crippen LogP contribution is 2.26. The lowest BCUT2D eigenvalue weighted by Crippen LogP contribution is -2.47. The van der Waals surface area contributed by atoms with Crippen LogP contribution in [-0.4, -0.2) is 102 Å². The van der Waals surface area contributed by atoms with Gasteiger partial charge in [-0.1, -0.05) is 12.8 Å². The van der Waals surface area contributed by atoms with Crippen molar-refractivity contribution in [3.63, 3.8) is 0 Å². The van der Waals surface area contributed by atoms with Gasteiger partial charge < -0.3 is 19.9 Å². The lowest BCUT2D eigenvalue weighted by Gasteiger charge is -2.35. The summed E-state index contributed by atoms with van der Waals surface area (Å²) in [6, 6.07) is 2.20. The number of aryl methyl sites for hydroxylation is 1. The van der Waals surface area contributed by atoms with Gasteiger partial charge in [0.25, 0.3) is 5.91 Å². The van der Waals surface area contributed by atoms with Crippen LogP contribution in [0.5, 0.6) is 0 Å². The maximum Gasteiger partial charge on any atom is 0.255 e. The predicted octanol–water partition coefficient (Wildman–Crippen LogP) is 1.88. The first kappa shape index (κ1) is 23.5. The van der Waals surface area contributed by atoms with Crippen LogP contribution in [0.15, 0.2) is 12.3 Å². The Morgan fingerprint density at radius 2 is 1.68 bits per heavy atom. The fourth-order valence-corrected chi connectivity index (χ4v) is 5.43. The zero-order valence-corrected chi connectivity index (χ0v) is 20.5. The van der Waals surface area contributed by atoms with Crippen LogP contribution in [0.2, 0.25) is 0 Å². The number of aromatic nitrogens is 3. The number of nitrogens with zero attached hydrogens (tertiary/aromatic N) is 6. The monoisotopic (exact) mass is 469 g/mol. The van der Waals surface area contributed by atoms with E-state index in [2.05, 4.69) is 25.1 Å². The third-order valence-corrected chi connectivity index (χ3v) is 7.60. The summed E-state index contributed by atoms with van der Waals surface area (Å²) in [6.45, 7) is 9.99. The molecule has 0 radical (unpaired) electrons. The van der Waals surface area contributed by atoms with Gasteiger partial charge in [-0.25, -0.2) is 4.98 Å². The largest absolute Gasteiger partial charge is 0.379 e. The SMILES string of the molecule is Cn1ncc2cc(C(=O)NC3CCN(CCN4CCOCC4)CC3)c(N3CCCCCC3)nc21. The number of rotatable bonds is 6. The molecule has 9 nitrogen and oxygen atoms in total. The Morgan fingerprint density at radius 3 is 2.38 bits per heavy atom.